The van der Waals surface area contributed by atoms with Crippen LogP contribution in [-0.4, -0.2) is 66.2 Å². The molecule has 1 N–H and O–H groups in total. The van der Waals surface area contributed by atoms with E-state index in [0.717, 1.165) is 58.0 Å². The van der Waals surface area contributed by atoms with Crippen LogP contribution in [0.25, 0.3) is 0 Å². The number of hydrogen-bond acceptors (Lipinski definition) is 6. The van der Waals surface area contributed by atoms with Gasteiger partial charge in [0.25, 0.3) is 5.91 Å². The first-order chi connectivity index (χ1) is 13.8. The van der Waals surface area contributed by atoms with E-state index in [1.165, 1.54) is 5.56 Å². The van der Waals surface area contributed by atoms with Gasteiger partial charge in [0, 0.05) is 45.9 Å². The normalized spacial score (nSPS) is 20.3. The minimum absolute atomic E-state index is 0.128. The zero-order chi connectivity index (χ0) is 19.2. The van der Waals surface area contributed by atoms with Crippen molar-refractivity contribution < 1.29 is 9.53 Å². The molecule has 0 saturated carbocycles. The van der Waals surface area contributed by atoms with E-state index in [1.807, 2.05) is 6.07 Å². The van der Waals surface area contributed by atoms with Crippen LogP contribution < -0.4 is 10.2 Å². The van der Waals surface area contributed by atoms with E-state index >= 15 is 0 Å². The average Bonchev–Trinajstić information content (AvgIpc) is 3.27. The highest BCUT2D eigenvalue weighted by atomic mass is 16.5. The molecular formula is C21H27N5O2. The molecule has 1 amide bonds. The molecular weight excluding hydrogens is 354 g/mol. The number of ether oxygens (including phenoxy) is 1. The summed E-state index contributed by atoms with van der Waals surface area (Å²) in [5, 5.41) is 2.88. The quantitative estimate of drug-likeness (QED) is 0.821. The van der Waals surface area contributed by atoms with Crippen LogP contribution in [0, 0.1) is 0 Å². The fourth-order valence-corrected chi connectivity index (χ4v) is 3.68. The van der Waals surface area contributed by atoms with E-state index in [4.69, 9.17) is 4.74 Å². The van der Waals surface area contributed by atoms with Crippen LogP contribution in [0.15, 0.2) is 42.7 Å². The number of piperazine rings is 1. The predicted molar refractivity (Wildman–Crippen MR) is 107 cm³/mol. The summed E-state index contributed by atoms with van der Waals surface area (Å²) in [7, 11) is 0. The van der Waals surface area contributed by atoms with Gasteiger partial charge in [-0.3, -0.25) is 9.69 Å². The second-order valence-electron chi connectivity index (χ2n) is 7.35. The Morgan fingerprint density at radius 1 is 1.11 bits per heavy atom. The Bertz CT molecular complexity index is 754. The lowest BCUT2D eigenvalue weighted by Gasteiger charge is -2.35. The molecule has 3 heterocycles. The first-order valence-corrected chi connectivity index (χ1v) is 10.0. The number of carbonyl (C=O) groups excluding carboxylic acids is 1. The smallest absolute Gasteiger partial charge is 0.271 e. The molecule has 0 bridgehead atoms. The number of amides is 1. The van der Waals surface area contributed by atoms with Gasteiger partial charge in [-0.2, -0.15) is 0 Å². The molecule has 2 aromatic rings. The second-order valence-corrected chi connectivity index (χ2v) is 7.35. The van der Waals surface area contributed by atoms with Crippen LogP contribution in [-0.2, 0) is 11.3 Å². The lowest BCUT2D eigenvalue weighted by molar-refractivity contribution is 0.0853. The van der Waals surface area contributed by atoms with Crippen LogP contribution in [0.1, 0.15) is 28.9 Å². The van der Waals surface area contributed by atoms with E-state index in [9.17, 15) is 4.79 Å². The third-order valence-electron chi connectivity index (χ3n) is 5.33. The third kappa shape index (κ3) is 4.85. The molecule has 0 aliphatic carbocycles. The number of carbonyl (C=O) groups is 1. The topological polar surface area (TPSA) is 70.6 Å². The number of anilines is 1. The molecule has 2 aliphatic rings. The highest BCUT2D eigenvalue weighted by Gasteiger charge is 2.20. The van der Waals surface area contributed by atoms with E-state index in [2.05, 4.69) is 49.4 Å². The Labute approximate surface area is 165 Å². The van der Waals surface area contributed by atoms with Gasteiger partial charge in [0.2, 0.25) is 0 Å². The van der Waals surface area contributed by atoms with Crippen LogP contribution in [0.4, 0.5) is 5.82 Å². The Balaban J connectivity index is 1.25. The van der Waals surface area contributed by atoms with Gasteiger partial charge in [-0.05, 0) is 18.4 Å². The Morgan fingerprint density at radius 2 is 1.93 bits per heavy atom. The van der Waals surface area contributed by atoms with Gasteiger partial charge in [-0.15, -0.1) is 0 Å². The average molecular weight is 381 g/mol. The maximum Gasteiger partial charge on any atom is 0.271 e. The zero-order valence-electron chi connectivity index (χ0n) is 16.1. The summed E-state index contributed by atoms with van der Waals surface area (Å²) in [6.07, 6.45) is 5.46. The SMILES string of the molecule is O=C(NCC1CCCO1)c1cnc(N2CCN(Cc3ccccc3)CC2)cn1. The van der Waals surface area contributed by atoms with Crippen LogP contribution >= 0.6 is 0 Å². The minimum atomic E-state index is -0.192. The number of aromatic nitrogens is 2. The number of nitrogens with one attached hydrogen (secondary N) is 1. The van der Waals surface area contributed by atoms with E-state index in [0.29, 0.717) is 12.2 Å². The van der Waals surface area contributed by atoms with Crippen molar-refractivity contribution >= 4 is 11.7 Å². The fraction of sp³-hybridized carbons (Fsp3) is 0.476. The minimum Gasteiger partial charge on any atom is -0.376 e. The first kappa shape index (κ1) is 18.8. The summed E-state index contributed by atoms with van der Waals surface area (Å²) in [6.45, 7) is 6.09. The monoisotopic (exact) mass is 381 g/mol. The molecule has 1 aromatic carbocycles. The molecule has 148 valence electrons. The van der Waals surface area contributed by atoms with Gasteiger partial charge >= 0.3 is 0 Å². The lowest BCUT2D eigenvalue weighted by Crippen LogP contribution is -2.46. The molecule has 7 nitrogen and oxygen atoms in total. The second kappa shape index (κ2) is 9.12. The summed E-state index contributed by atoms with van der Waals surface area (Å²) in [6, 6.07) is 10.5. The van der Waals surface area contributed by atoms with Crippen molar-refractivity contribution in [2.24, 2.45) is 0 Å². The van der Waals surface area contributed by atoms with E-state index in [-0.39, 0.29) is 12.0 Å². The molecule has 4 rings (SSSR count). The van der Waals surface area contributed by atoms with Crippen molar-refractivity contribution in [1.82, 2.24) is 20.2 Å². The van der Waals surface area contributed by atoms with Gasteiger partial charge < -0.3 is 15.0 Å². The first-order valence-electron chi connectivity index (χ1n) is 10.0. The molecule has 1 unspecified atom stereocenters. The van der Waals surface area contributed by atoms with Gasteiger partial charge in [-0.1, -0.05) is 30.3 Å². The highest BCUT2D eigenvalue weighted by Crippen LogP contribution is 2.15. The van der Waals surface area contributed by atoms with Crippen molar-refractivity contribution in [1.29, 1.82) is 0 Å². The van der Waals surface area contributed by atoms with Crippen molar-refractivity contribution in [2.75, 3.05) is 44.2 Å². The lowest BCUT2D eigenvalue weighted by atomic mass is 10.2. The fourth-order valence-electron chi connectivity index (χ4n) is 3.68. The maximum absolute atomic E-state index is 12.2. The van der Waals surface area contributed by atoms with Gasteiger partial charge in [-0.25, -0.2) is 9.97 Å². The van der Waals surface area contributed by atoms with Crippen molar-refractivity contribution in [2.45, 2.75) is 25.5 Å². The van der Waals surface area contributed by atoms with E-state index in [1.54, 1.807) is 12.4 Å². The maximum atomic E-state index is 12.2. The summed E-state index contributed by atoms with van der Waals surface area (Å²) < 4.78 is 5.52. The largest absolute Gasteiger partial charge is 0.376 e. The van der Waals surface area contributed by atoms with Crippen LogP contribution in [0.2, 0.25) is 0 Å². The molecule has 28 heavy (non-hydrogen) atoms. The van der Waals surface area contributed by atoms with Crippen molar-refractivity contribution in [3.05, 3.63) is 54.0 Å². The van der Waals surface area contributed by atoms with Crippen molar-refractivity contribution in [3.63, 3.8) is 0 Å². The Kier molecular flexibility index (Phi) is 6.14. The Hall–Kier alpha value is -2.51. The number of nitrogens with zero attached hydrogens (tertiary/aromatic N) is 4. The molecule has 7 heteroatoms. The highest BCUT2D eigenvalue weighted by molar-refractivity contribution is 5.92. The summed E-state index contributed by atoms with van der Waals surface area (Å²) in [5.74, 6) is 0.636. The summed E-state index contributed by atoms with van der Waals surface area (Å²) in [5.41, 5.74) is 1.69. The molecule has 1 aromatic heterocycles. The van der Waals surface area contributed by atoms with Crippen LogP contribution in [0.3, 0.4) is 0 Å². The van der Waals surface area contributed by atoms with Gasteiger partial charge in [0.05, 0.1) is 18.5 Å². The summed E-state index contributed by atoms with van der Waals surface area (Å²) in [4.78, 5) is 25.7. The molecule has 2 aliphatic heterocycles. The number of rotatable bonds is 6. The summed E-state index contributed by atoms with van der Waals surface area (Å²) >= 11 is 0. The number of benzene rings is 1. The molecule has 2 fully saturated rings. The number of hydrogen-bond donors (Lipinski definition) is 1. The van der Waals surface area contributed by atoms with Crippen LogP contribution in [0.5, 0.6) is 0 Å². The molecule has 0 spiro atoms. The molecule has 1 atom stereocenters. The third-order valence-corrected chi connectivity index (χ3v) is 5.33. The molecule has 2 saturated heterocycles. The predicted octanol–water partition coefficient (Wildman–Crippen LogP) is 1.71. The van der Waals surface area contributed by atoms with E-state index < -0.39 is 0 Å². The van der Waals surface area contributed by atoms with Gasteiger partial charge in [0.15, 0.2) is 0 Å². The molecule has 0 radical (unpaired) electrons. The van der Waals surface area contributed by atoms with Gasteiger partial charge in [0.1, 0.15) is 11.5 Å². The standard InChI is InChI=1S/C21H27N5O2/c27-21(24-13-18-7-4-12-28-18)19-14-23-20(15-22-19)26-10-8-25(9-11-26)16-17-5-2-1-3-6-17/h1-3,5-6,14-15,18H,4,7-13,16H2,(H,24,27). The Morgan fingerprint density at radius 3 is 2.61 bits per heavy atom. The zero-order valence-corrected chi connectivity index (χ0v) is 16.1. The van der Waals surface area contributed by atoms with Crippen molar-refractivity contribution in [3.8, 4) is 0 Å².